The maximum Gasteiger partial charge on any atom is 0.251 e. The topological polar surface area (TPSA) is 60.1 Å². The third kappa shape index (κ3) is 3.42. The molecule has 1 aromatic carbocycles. The quantitative estimate of drug-likeness (QED) is 0.594. The molecule has 5 nitrogen and oxygen atoms in total. The second kappa shape index (κ2) is 7.11. The standard InChI is InChI=1S/C21H17N3O2/c25-21(17-6-8-18(9-7-17)24-11-1-2-12-24)23-15-16-5-10-19(22-14-16)20-4-3-13-26-20/h1-14H,15H2,(H,23,25). The van der Waals surface area contributed by atoms with E-state index in [0.717, 1.165) is 22.7 Å². The summed E-state index contributed by atoms with van der Waals surface area (Å²) in [5.41, 5.74) is 3.34. The lowest BCUT2D eigenvalue weighted by Gasteiger charge is -2.07. The normalized spacial score (nSPS) is 10.6. The molecule has 5 heteroatoms. The lowest BCUT2D eigenvalue weighted by atomic mass is 10.2. The van der Waals surface area contributed by atoms with Crippen molar-refractivity contribution in [1.82, 2.24) is 14.9 Å². The zero-order chi connectivity index (χ0) is 17.8. The zero-order valence-corrected chi connectivity index (χ0v) is 14.0. The van der Waals surface area contributed by atoms with E-state index in [1.54, 1.807) is 12.5 Å². The summed E-state index contributed by atoms with van der Waals surface area (Å²) in [5.74, 6) is 0.613. The summed E-state index contributed by atoms with van der Waals surface area (Å²) in [6.45, 7) is 0.420. The minimum absolute atomic E-state index is 0.112. The summed E-state index contributed by atoms with van der Waals surface area (Å²) in [6, 6.07) is 18.9. The predicted molar refractivity (Wildman–Crippen MR) is 98.9 cm³/mol. The van der Waals surface area contributed by atoms with Crippen LogP contribution in [0.3, 0.4) is 0 Å². The van der Waals surface area contributed by atoms with E-state index in [-0.39, 0.29) is 5.91 Å². The van der Waals surface area contributed by atoms with Gasteiger partial charge < -0.3 is 14.3 Å². The van der Waals surface area contributed by atoms with Crippen LogP contribution in [0.4, 0.5) is 0 Å². The van der Waals surface area contributed by atoms with Crippen molar-refractivity contribution in [3.63, 3.8) is 0 Å². The van der Waals surface area contributed by atoms with E-state index >= 15 is 0 Å². The molecule has 0 aliphatic carbocycles. The molecular weight excluding hydrogens is 326 g/mol. The Balaban J connectivity index is 1.37. The van der Waals surface area contributed by atoms with Gasteiger partial charge >= 0.3 is 0 Å². The lowest BCUT2D eigenvalue weighted by molar-refractivity contribution is 0.0951. The Bertz CT molecular complexity index is 971. The van der Waals surface area contributed by atoms with E-state index in [2.05, 4.69) is 10.3 Å². The van der Waals surface area contributed by atoms with Gasteiger partial charge in [-0.05, 0) is 60.2 Å². The third-order valence-corrected chi connectivity index (χ3v) is 4.08. The lowest BCUT2D eigenvalue weighted by Crippen LogP contribution is -2.22. The number of amides is 1. The first kappa shape index (κ1) is 15.9. The number of carbonyl (C=O) groups is 1. The van der Waals surface area contributed by atoms with Crippen molar-refractivity contribution in [3.8, 4) is 17.1 Å². The van der Waals surface area contributed by atoms with Crippen LogP contribution < -0.4 is 5.32 Å². The molecule has 0 atom stereocenters. The number of hydrogen-bond donors (Lipinski definition) is 1. The van der Waals surface area contributed by atoms with Crippen molar-refractivity contribution in [3.05, 3.63) is 96.6 Å². The van der Waals surface area contributed by atoms with Crippen LogP contribution in [0.25, 0.3) is 17.1 Å². The number of pyridine rings is 1. The van der Waals surface area contributed by atoms with Crippen LogP contribution in [0.5, 0.6) is 0 Å². The number of nitrogens with zero attached hydrogens (tertiary/aromatic N) is 2. The van der Waals surface area contributed by atoms with Crippen molar-refractivity contribution < 1.29 is 9.21 Å². The number of carbonyl (C=O) groups excluding carboxylic acids is 1. The van der Waals surface area contributed by atoms with Gasteiger partial charge in [0, 0.05) is 36.4 Å². The number of hydrogen-bond acceptors (Lipinski definition) is 3. The number of nitrogens with one attached hydrogen (secondary N) is 1. The highest BCUT2D eigenvalue weighted by Crippen LogP contribution is 2.17. The molecule has 0 spiro atoms. The van der Waals surface area contributed by atoms with Gasteiger partial charge in [0.05, 0.1) is 6.26 Å². The largest absolute Gasteiger partial charge is 0.463 e. The van der Waals surface area contributed by atoms with Gasteiger partial charge in [0.15, 0.2) is 5.76 Å². The maximum absolute atomic E-state index is 12.3. The Kier molecular flexibility index (Phi) is 4.35. The Morgan fingerprint density at radius 3 is 2.46 bits per heavy atom. The Morgan fingerprint density at radius 2 is 1.81 bits per heavy atom. The molecular formula is C21H17N3O2. The van der Waals surface area contributed by atoms with Gasteiger partial charge in [-0.15, -0.1) is 0 Å². The average Bonchev–Trinajstić information content (AvgIpc) is 3.40. The molecule has 0 saturated carbocycles. The summed E-state index contributed by atoms with van der Waals surface area (Å²) in [5, 5.41) is 2.91. The van der Waals surface area contributed by atoms with Crippen LogP contribution in [0.15, 0.2) is 89.9 Å². The number of rotatable bonds is 5. The molecule has 128 valence electrons. The summed E-state index contributed by atoms with van der Waals surface area (Å²) >= 11 is 0. The van der Waals surface area contributed by atoms with Crippen LogP contribution in [0.2, 0.25) is 0 Å². The molecule has 0 aliphatic heterocycles. The first-order valence-corrected chi connectivity index (χ1v) is 8.30. The smallest absolute Gasteiger partial charge is 0.251 e. The van der Waals surface area contributed by atoms with Crippen molar-refractivity contribution in [2.75, 3.05) is 0 Å². The fourth-order valence-corrected chi connectivity index (χ4v) is 2.68. The first-order chi connectivity index (χ1) is 12.8. The fraction of sp³-hybridized carbons (Fsp3) is 0.0476. The maximum atomic E-state index is 12.3. The highest BCUT2D eigenvalue weighted by Gasteiger charge is 2.07. The average molecular weight is 343 g/mol. The molecule has 4 aromatic rings. The molecule has 26 heavy (non-hydrogen) atoms. The van der Waals surface area contributed by atoms with Crippen molar-refractivity contribution in [2.24, 2.45) is 0 Å². The van der Waals surface area contributed by atoms with Crippen molar-refractivity contribution >= 4 is 5.91 Å². The van der Waals surface area contributed by atoms with E-state index in [1.807, 2.05) is 77.6 Å². The fourth-order valence-electron chi connectivity index (χ4n) is 2.68. The first-order valence-electron chi connectivity index (χ1n) is 8.30. The van der Waals surface area contributed by atoms with Gasteiger partial charge in [0.2, 0.25) is 0 Å². The van der Waals surface area contributed by atoms with E-state index in [9.17, 15) is 4.79 Å². The molecule has 1 N–H and O–H groups in total. The summed E-state index contributed by atoms with van der Waals surface area (Å²) in [6.07, 6.45) is 7.29. The van der Waals surface area contributed by atoms with Crippen molar-refractivity contribution in [1.29, 1.82) is 0 Å². The molecule has 4 rings (SSSR count). The van der Waals surface area contributed by atoms with E-state index in [4.69, 9.17) is 4.42 Å². The Morgan fingerprint density at radius 1 is 1.00 bits per heavy atom. The second-order valence-electron chi connectivity index (χ2n) is 5.85. The molecule has 0 unspecified atom stereocenters. The van der Waals surface area contributed by atoms with Gasteiger partial charge in [0.1, 0.15) is 5.69 Å². The minimum atomic E-state index is -0.112. The van der Waals surface area contributed by atoms with Crippen LogP contribution >= 0.6 is 0 Å². The Hall–Kier alpha value is -3.60. The summed E-state index contributed by atoms with van der Waals surface area (Å²) in [4.78, 5) is 16.7. The molecule has 3 heterocycles. The predicted octanol–water partition coefficient (Wildman–Crippen LogP) is 4.06. The molecule has 0 bridgehead atoms. The molecule has 0 aliphatic rings. The SMILES string of the molecule is O=C(NCc1ccc(-c2ccco2)nc1)c1ccc(-n2cccc2)cc1. The zero-order valence-electron chi connectivity index (χ0n) is 14.0. The van der Waals surface area contributed by atoms with E-state index in [0.29, 0.717) is 12.1 Å². The van der Waals surface area contributed by atoms with Gasteiger partial charge in [-0.2, -0.15) is 0 Å². The number of aromatic nitrogens is 2. The van der Waals surface area contributed by atoms with Gasteiger partial charge in [-0.1, -0.05) is 6.07 Å². The summed E-state index contributed by atoms with van der Waals surface area (Å²) in [7, 11) is 0. The van der Waals surface area contributed by atoms with Crippen LogP contribution in [-0.2, 0) is 6.54 Å². The van der Waals surface area contributed by atoms with Crippen LogP contribution in [-0.4, -0.2) is 15.5 Å². The number of benzene rings is 1. The molecule has 1 amide bonds. The van der Waals surface area contributed by atoms with E-state index < -0.39 is 0 Å². The van der Waals surface area contributed by atoms with Crippen LogP contribution in [0.1, 0.15) is 15.9 Å². The highest BCUT2D eigenvalue weighted by atomic mass is 16.3. The van der Waals surface area contributed by atoms with Crippen LogP contribution in [0, 0.1) is 0 Å². The molecule has 3 aromatic heterocycles. The Labute approximate surface area is 150 Å². The molecule has 0 saturated heterocycles. The minimum Gasteiger partial charge on any atom is -0.463 e. The van der Waals surface area contributed by atoms with Gasteiger partial charge in [-0.25, -0.2) is 0 Å². The molecule has 0 fully saturated rings. The monoisotopic (exact) mass is 343 g/mol. The van der Waals surface area contributed by atoms with Crippen molar-refractivity contribution in [2.45, 2.75) is 6.54 Å². The third-order valence-electron chi connectivity index (χ3n) is 4.08. The van der Waals surface area contributed by atoms with Gasteiger partial charge in [-0.3, -0.25) is 9.78 Å². The summed E-state index contributed by atoms with van der Waals surface area (Å²) < 4.78 is 7.31. The number of furan rings is 1. The highest BCUT2D eigenvalue weighted by molar-refractivity contribution is 5.94. The van der Waals surface area contributed by atoms with E-state index in [1.165, 1.54) is 0 Å². The van der Waals surface area contributed by atoms with Gasteiger partial charge in [0.25, 0.3) is 5.91 Å². The molecule has 0 radical (unpaired) electrons. The second-order valence-corrected chi connectivity index (χ2v) is 5.85.